The Hall–Kier alpha value is -1.14. The Bertz CT molecular complexity index is 467. The number of aryl methyl sites for hydroxylation is 1. The van der Waals surface area contributed by atoms with Crippen LogP contribution in [0.4, 0.5) is 5.13 Å². The van der Waals surface area contributed by atoms with Gasteiger partial charge in [0, 0.05) is 18.3 Å². The van der Waals surface area contributed by atoms with E-state index in [1.807, 2.05) is 5.38 Å². The molecule has 0 atom stereocenters. The first-order valence-electron chi connectivity index (χ1n) is 7.44. The summed E-state index contributed by atoms with van der Waals surface area (Å²) in [6.45, 7) is 5.64. The number of nitrogens with zero attached hydrogens (tertiary/aromatic N) is 2. The highest BCUT2D eigenvalue weighted by atomic mass is 32.1. The Labute approximate surface area is 130 Å². The molecule has 0 radical (unpaired) electrons. The van der Waals surface area contributed by atoms with Gasteiger partial charge in [-0.05, 0) is 38.4 Å². The van der Waals surface area contributed by atoms with Gasteiger partial charge in [0.1, 0.15) is 0 Å². The molecule has 0 unspecified atom stereocenters. The molecule has 0 bridgehead atoms. The van der Waals surface area contributed by atoms with E-state index in [2.05, 4.69) is 33.9 Å². The molecule has 5 nitrogen and oxygen atoms in total. The lowest BCUT2D eigenvalue weighted by Gasteiger charge is -2.37. The number of hydrogen-bond donors (Lipinski definition) is 1. The average Bonchev–Trinajstić information content (AvgIpc) is 2.94. The third-order valence-corrected chi connectivity index (χ3v) is 5.07. The summed E-state index contributed by atoms with van der Waals surface area (Å²) in [4.78, 5) is 18.0. The molecule has 1 fully saturated rings. The molecule has 118 valence electrons. The molecule has 0 saturated carbocycles. The van der Waals surface area contributed by atoms with Crippen molar-refractivity contribution >= 4 is 22.4 Å². The van der Waals surface area contributed by atoms with E-state index in [1.165, 1.54) is 33.0 Å². The first-order chi connectivity index (χ1) is 10.0. The SMILES string of the molecule is COC(=O)CCc1csc(NCC2(C)CCN(C)CC2)n1. The van der Waals surface area contributed by atoms with E-state index in [4.69, 9.17) is 0 Å². The summed E-state index contributed by atoms with van der Waals surface area (Å²) in [5.74, 6) is -0.184. The van der Waals surface area contributed by atoms with Gasteiger partial charge in [0.25, 0.3) is 0 Å². The van der Waals surface area contributed by atoms with Gasteiger partial charge in [0.05, 0.1) is 19.2 Å². The van der Waals surface area contributed by atoms with Crippen molar-refractivity contribution in [2.45, 2.75) is 32.6 Å². The number of rotatable bonds is 6. The molecule has 1 aromatic rings. The standard InChI is InChI=1S/C15H25N3O2S/c1-15(6-8-18(2)9-7-15)11-16-14-17-12(10-21-14)4-5-13(19)20-3/h10H,4-9,11H2,1-3H3,(H,16,17). The first-order valence-corrected chi connectivity index (χ1v) is 8.32. The van der Waals surface area contributed by atoms with Crippen LogP contribution in [0.1, 0.15) is 31.9 Å². The minimum Gasteiger partial charge on any atom is -0.469 e. The Balaban J connectivity index is 1.78. The lowest BCUT2D eigenvalue weighted by Crippen LogP contribution is -2.40. The summed E-state index contributed by atoms with van der Waals surface area (Å²) in [5.41, 5.74) is 1.31. The third kappa shape index (κ3) is 4.97. The van der Waals surface area contributed by atoms with Crippen LogP contribution in [0.15, 0.2) is 5.38 Å². The highest BCUT2D eigenvalue weighted by Crippen LogP contribution is 2.31. The lowest BCUT2D eigenvalue weighted by atomic mass is 9.80. The maximum absolute atomic E-state index is 11.1. The normalized spacial score (nSPS) is 18.4. The number of thiazole rings is 1. The quantitative estimate of drug-likeness (QED) is 0.818. The number of methoxy groups -OCH3 is 1. The molecule has 1 aliphatic rings. The largest absolute Gasteiger partial charge is 0.469 e. The van der Waals surface area contributed by atoms with Crippen LogP contribution in [0.3, 0.4) is 0 Å². The highest BCUT2D eigenvalue weighted by molar-refractivity contribution is 7.13. The molecule has 2 rings (SSSR count). The fraction of sp³-hybridized carbons (Fsp3) is 0.733. The molecule has 1 N–H and O–H groups in total. The topological polar surface area (TPSA) is 54.5 Å². The number of carbonyl (C=O) groups excluding carboxylic acids is 1. The van der Waals surface area contributed by atoms with E-state index >= 15 is 0 Å². The van der Waals surface area contributed by atoms with E-state index in [9.17, 15) is 4.79 Å². The van der Waals surface area contributed by atoms with E-state index in [1.54, 1.807) is 11.3 Å². The van der Waals surface area contributed by atoms with E-state index in [-0.39, 0.29) is 5.97 Å². The van der Waals surface area contributed by atoms with Crippen molar-refractivity contribution in [3.8, 4) is 0 Å². The van der Waals surface area contributed by atoms with Crippen LogP contribution in [0.25, 0.3) is 0 Å². The van der Waals surface area contributed by atoms with E-state index in [0.29, 0.717) is 18.3 Å². The van der Waals surface area contributed by atoms with Crippen molar-refractivity contribution in [1.82, 2.24) is 9.88 Å². The fourth-order valence-corrected chi connectivity index (χ4v) is 3.20. The maximum Gasteiger partial charge on any atom is 0.305 e. The number of piperidine rings is 1. The molecule has 1 aliphatic heterocycles. The Morgan fingerprint density at radius 2 is 2.24 bits per heavy atom. The van der Waals surface area contributed by atoms with Gasteiger partial charge in [-0.1, -0.05) is 6.92 Å². The second-order valence-electron chi connectivity index (χ2n) is 6.19. The smallest absolute Gasteiger partial charge is 0.305 e. The van der Waals surface area contributed by atoms with Crippen LogP contribution in [-0.2, 0) is 16.0 Å². The van der Waals surface area contributed by atoms with Gasteiger partial charge in [-0.15, -0.1) is 11.3 Å². The summed E-state index contributed by atoms with van der Waals surface area (Å²) < 4.78 is 4.64. The van der Waals surface area contributed by atoms with Crippen LogP contribution in [0.5, 0.6) is 0 Å². The molecule has 6 heteroatoms. The van der Waals surface area contributed by atoms with E-state index in [0.717, 1.165) is 17.4 Å². The van der Waals surface area contributed by atoms with Crippen molar-refractivity contribution in [3.05, 3.63) is 11.1 Å². The second kappa shape index (κ2) is 7.22. The fourth-order valence-electron chi connectivity index (χ4n) is 2.46. The predicted molar refractivity (Wildman–Crippen MR) is 85.8 cm³/mol. The van der Waals surface area contributed by atoms with Crippen molar-refractivity contribution in [1.29, 1.82) is 0 Å². The van der Waals surface area contributed by atoms with Crippen LogP contribution >= 0.6 is 11.3 Å². The van der Waals surface area contributed by atoms with Crippen LogP contribution in [-0.4, -0.2) is 49.6 Å². The Kier molecular flexibility index (Phi) is 5.58. The van der Waals surface area contributed by atoms with Crippen molar-refractivity contribution in [3.63, 3.8) is 0 Å². The maximum atomic E-state index is 11.1. The Morgan fingerprint density at radius 3 is 2.90 bits per heavy atom. The Morgan fingerprint density at radius 1 is 1.52 bits per heavy atom. The van der Waals surface area contributed by atoms with Gasteiger partial charge in [-0.3, -0.25) is 4.79 Å². The van der Waals surface area contributed by atoms with Crippen molar-refractivity contribution in [2.75, 3.05) is 39.1 Å². The summed E-state index contributed by atoms with van der Waals surface area (Å²) >= 11 is 1.61. The zero-order valence-electron chi connectivity index (χ0n) is 13.1. The number of likely N-dealkylation sites (tertiary alicyclic amines) is 1. The monoisotopic (exact) mass is 311 g/mol. The second-order valence-corrected chi connectivity index (χ2v) is 7.05. The molecule has 2 heterocycles. The molecule has 1 saturated heterocycles. The van der Waals surface area contributed by atoms with Crippen LogP contribution in [0, 0.1) is 5.41 Å². The average molecular weight is 311 g/mol. The third-order valence-electron chi connectivity index (χ3n) is 4.23. The molecular weight excluding hydrogens is 286 g/mol. The van der Waals surface area contributed by atoms with Crippen molar-refractivity contribution < 1.29 is 9.53 Å². The molecule has 21 heavy (non-hydrogen) atoms. The number of anilines is 1. The summed E-state index contributed by atoms with van der Waals surface area (Å²) in [7, 11) is 3.60. The zero-order chi connectivity index (χ0) is 15.3. The molecule has 1 aromatic heterocycles. The van der Waals surface area contributed by atoms with Gasteiger partial charge >= 0.3 is 5.97 Å². The van der Waals surface area contributed by atoms with Crippen LogP contribution < -0.4 is 5.32 Å². The minimum absolute atomic E-state index is 0.184. The van der Waals surface area contributed by atoms with Crippen molar-refractivity contribution in [2.24, 2.45) is 5.41 Å². The van der Waals surface area contributed by atoms with Gasteiger partial charge < -0.3 is 15.0 Å². The summed E-state index contributed by atoms with van der Waals surface area (Å²) in [6, 6.07) is 0. The van der Waals surface area contributed by atoms with Gasteiger partial charge in [-0.25, -0.2) is 4.98 Å². The molecule has 0 aliphatic carbocycles. The predicted octanol–water partition coefficient (Wildman–Crippen LogP) is 2.39. The van der Waals surface area contributed by atoms with Crippen LogP contribution in [0.2, 0.25) is 0 Å². The number of ether oxygens (including phenoxy) is 1. The van der Waals surface area contributed by atoms with Gasteiger partial charge in [0.2, 0.25) is 0 Å². The molecule has 0 aromatic carbocycles. The number of aromatic nitrogens is 1. The minimum atomic E-state index is -0.184. The summed E-state index contributed by atoms with van der Waals surface area (Å²) in [5, 5.41) is 6.43. The number of carbonyl (C=O) groups is 1. The number of nitrogens with one attached hydrogen (secondary N) is 1. The zero-order valence-corrected chi connectivity index (χ0v) is 14.0. The molecule has 0 spiro atoms. The highest BCUT2D eigenvalue weighted by Gasteiger charge is 2.28. The van der Waals surface area contributed by atoms with Gasteiger partial charge in [0.15, 0.2) is 5.13 Å². The molecular formula is C15H25N3O2S. The first kappa shape index (κ1) is 16.2. The number of hydrogen-bond acceptors (Lipinski definition) is 6. The van der Waals surface area contributed by atoms with Gasteiger partial charge in [-0.2, -0.15) is 0 Å². The number of esters is 1. The van der Waals surface area contributed by atoms with E-state index < -0.39 is 0 Å². The molecule has 0 amide bonds. The summed E-state index contributed by atoms with van der Waals surface area (Å²) in [6.07, 6.45) is 3.48. The lowest BCUT2D eigenvalue weighted by molar-refractivity contribution is -0.140.